The highest BCUT2D eigenvalue weighted by atomic mass is 16.6. The van der Waals surface area contributed by atoms with Crippen LogP contribution >= 0.6 is 0 Å². The molecular formula is C23H37NO7. The lowest BCUT2D eigenvalue weighted by atomic mass is 9.68. The monoisotopic (exact) mass is 439 g/mol. The normalized spacial score (nSPS) is 37.2. The Morgan fingerprint density at radius 2 is 1.94 bits per heavy atom. The van der Waals surface area contributed by atoms with Crippen molar-refractivity contribution in [2.24, 2.45) is 11.8 Å². The number of methoxy groups -OCH3 is 2. The van der Waals surface area contributed by atoms with Gasteiger partial charge in [-0.25, -0.2) is 9.59 Å². The van der Waals surface area contributed by atoms with Gasteiger partial charge in [0.05, 0.1) is 25.7 Å². The molecule has 0 bridgehead atoms. The van der Waals surface area contributed by atoms with Crippen LogP contribution < -0.4 is 5.32 Å². The number of nitrogens with one attached hydrogen (secondary N) is 1. The van der Waals surface area contributed by atoms with Gasteiger partial charge in [-0.15, -0.1) is 0 Å². The molecule has 1 saturated carbocycles. The zero-order valence-corrected chi connectivity index (χ0v) is 19.7. The molecular weight excluding hydrogens is 402 g/mol. The first-order chi connectivity index (χ1) is 14.6. The first-order valence-electron chi connectivity index (χ1n) is 11.1. The number of carbonyl (C=O) groups excluding carboxylic acids is 2. The van der Waals surface area contributed by atoms with Crippen LogP contribution in [0.2, 0.25) is 0 Å². The van der Waals surface area contributed by atoms with E-state index in [0.717, 1.165) is 12.8 Å². The van der Waals surface area contributed by atoms with Crippen molar-refractivity contribution in [3.05, 3.63) is 11.6 Å². The highest BCUT2D eigenvalue weighted by molar-refractivity contribution is 5.81. The zero-order valence-electron chi connectivity index (χ0n) is 19.7. The number of hydrogen-bond acceptors (Lipinski definition) is 7. The molecule has 1 aliphatic carbocycles. The van der Waals surface area contributed by atoms with Crippen LogP contribution in [0, 0.1) is 11.8 Å². The maximum absolute atomic E-state index is 12.6. The quantitative estimate of drug-likeness (QED) is 0.353. The van der Waals surface area contributed by atoms with E-state index in [2.05, 4.69) is 32.2 Å². The van der Waals surface area contributed by atoms with Gasteiger partial charge in [0.1, 0.15) is 29.5 Å². The van der Waals surface area contributed by atoms with Crippen LogP contribution in [0.1, 0.15) is 53.9 Å². The van der Waals surface area contributed by atoms with E-state index in [-0.39, 0.29) is 29.6 Å². The number of epoxide rings is 2. The molecule has 2 aliphatic heterocycles. The SMILES string of the molecule is COC(=O)[C@H](NC(=O)O[C@@H]1CC[C@]2(CO2)[C@@H]([C@]2(C)O[C@@H]2CC=C(C)C)[C@@H]1OC)C(C)C. The summed E-state index contributed by atoms with van der Waals surface area (Å²) in [6.45, 7) is 10.6. The first kappa shape index (κ1) is 24.0. The smallest absolute Gasteiger partial charge is 0.408 e. The molecule has 8 heteroatoms. The molecule has 1 spiro atoms. The van der Waals surface area contributed by atoms with Crippen LogP contribution in [-0.2, 0) is 28.5 Å². The second kappa shape index (κ2) is 9.08. The molecule has 3 rings (SSSR count). The third-order valence-electron chi connectivity index (χ3n) is 6.89. The van der Waals surface area contributed by atoms with E-state index in [4.69, 9.17) is 23.7 Å². The molecule has 7 atom stereocenters. The fourth-order valence-electron chi connectivity index (χ4n) is 4.99. The number of carbonyl (C=O) groups is 2. The van der Waals surface area contributed by atoms with Gasteiger partial charge < -0.3 is 29.0 Å². The molecule has 2 saturated heterocycles. The number of ether oxygens (including phenoxy) is 5. The van der Waals surface area contributed by atoms with E-state index < -0.39 is 29.8 Å². The van der Waals surface area contributed by atoms with E-state index in [9.17, 15) is 9.59 Å². The minimum atomic E-state index is -0.770. The second-order valence-corrected chi connectivity index (χ2v) is 9.71. The van der Waals surface area contributed by atoms with Crippen molar-refractivity contribution in [3.63, 3.8) is 0 Å². The molecule has 1 amide bonds. The van der Waals surface area contributed by atoms with Crippen LogP contribution in [0.4, 0.5) is 4.79 Å². The zero-order chi connectivity index (χ0) is 23.0. The highest BCUT2D eigenvalue weighted by Crippen LogP contribution is 2.59. The van der Waals surface area contributed by atoms with Crippen molar-refractivity contribution >= 4 is 12.1 Å². The molecule has 0 aromatic rings. The van der Waals surface area contributed by atoms with Gasteiger partial charge in [-0.05, 0) is 46.0 Å². The van der Waals surface area contributed by atoms with Gasteiger partial charge in [0.15, 0.2) is 0 Å². The van der Waals surface area contributed by atoms with Crippen LogP contribution in [-0.4, -0.2) is 68.4 Å². The molecule has 8 nitrogen and oxygen atoms in total. The lowest BCUT2D eigenvalue weighted by Crippen LogP contribution is -2.56. The standard InChI is InChI=1S/C23H37NO7/c1-13(2)8-9-16-22(5,31-16)19-18(27-6)15(10-11-23(19)12-29-23)30-21(26)24-17(14(3)4)20(25)28-7/h8,14-19H,9-12H2,1-7H3,(H,24,26)/t15-,16-,17-,18-,19-,22-,23+/m1/s1. The van der Waals surface area contributed by atoms with Crippen LogP contribution in [0.3, 0.4) is 0 Å². The number of rotatable bonds is 8. The average molecular weight is 440 g/mol. The predicted molar refractivity (Wildman–Crippen MR) is 114 cm³/mol. The van der Waals surface area contributed by atoms with Crippen molar-refractivity contribution in [1.82, 2.24) is 5.32 Å². The summed E-state index contributed by atoms with van der Waals surface area (Å²) in [4.78, 5) is 24.6. The maximum atomic E-state index is 12.6. The number of amides is 1. The second-order valence-electron chi connectivity index (χ2n) is 9.71. The molecule has 0 aromatic heterocycles. The summed E-state index contributed by atoms with van der Waals surface area (Å²) < 4.78 is 28.5. The van der Waals surface area contributed by atoms with Crippen LogP contribution in [0.25, 0.3) is 0 Å². The number of esters is 1. The Hall–Kier alpha value is -1.64. The molecule has 3 fully saturated rings. The third-order valence-corrected chi connectivity index (χ3v) is 6.89. The first-order valence-corrected chi connectivity index (χ1v) is 11.1. The van der Waals surface area contributed by atoms with Crippen molar-refractivity contribution < 1.29 is 33.3 Å². The summed E-state index contributed by atoms with van der Waals surface area (Å²) in [7, 11) is 2.93. The molecule has 2 heterocycles. The van der Waals surface area contributed by atoms with Crippen LogP contribution in [0.15, 0.2) is 11.6 Å². The van der Waals surface area contributed by atoms with Gasteiger partial charge in [0.2, 0.25) is 0 Å². The van der Waals surface area contributed by atoms with E-state index in [1.807, 2.05) is 13.8 Å². The van der Waals surface area contributed by atoms with Crippen molar-refractivity contribution in [1.29, 1.82) is 0 Å². The van der Waals surface area contributed by atoms with Crippen LogP contribution in [0.5, 0.6) is 0 Å². The summed E-state index contributed by atoms with van der Waals surface area (Å²) in [5, 5.41) is 2.64. The summed E-state index contributed by atoms with van der Waals surface area (Å²) in [5.74, 6) is -0.674. The molecule has 31 heavy (non-hydrogen) atoms. The Balaban J connectivity index is 1.71. The Morgan fingerprint density at radius 1 is 1.26 bits per heavy atom. The number of allylic oxidation sites excluding steroid dienone is 1. The van der Waals surface area contributed by atoms with E-state index in [1.165, 1.54) is 12.7 Å². The molecule has 3 aliphatic rings. The Kier molecular flexibility index (Phi) is 7.03. The minimum Gasteiger partial charge on any atom is -0.467 e. The molecule has 176 valence electrons. The fraction of sp³-hybridized carbons (Fsp3) is 0.826. The number of alkyl carbamates (subject to hydrolysis) is 1. The molecule has 0 radical (unpaired) electrons. The summed E-state index contributed by atoms with van der Waals surface area (Å²) >= 11 is 0. The van der Waals surface area contributed by atoms with Gasteiger partial charge in [-0.1, -0.05) is 25.5 Å². The lowest BCUT2D eigenvalue weighted by Gasteiger charge is -2.42. The van der Waals surface area contributed by atoms with Gasteiger partial charge in [0, 0.05) is 7.11 Å². The van der Waals surface area contributed by atoms with E-state index in [0.29, 0.717) is 13.0 Å². The summed E-state index contributed by atoms with van der Waals surface area (Å²) in [6, 6.07) is -0.770. The Morgan fingerprint density at radius 3 is 2.45 bits per heavy atom. The van der Waals surface area contributed by atoms with Crippen molar-refractivity contribution in [2.45, 2.75) is 89.4 Å². The van der Waals surface area contributed by atoms with Gasteiger partial charge in [0.25, 0.3) is 0 Å². The van der Waals surface area contributed by atoms with E-state index >= 15 is 0 Å². The van der Waals surface area contributed by atoms with Crippen molar-refractivity contribution in [3.8, 4) is 0 Å². The van der Waals surface area contributed by atoms with Crippen molar-refractivity contribution in [2.75, 3.05) is 20.8 Å². The topological polar surface area (TPSA) is 98.9 Å². The predicted octanol–water partition coefficient (Wildman–Crippen LogP) is 2.99. The number of hydrogen-bond donors (Lipinski definition) is 1. The summed E-state index contributed by atoms with van der Waals surface area (Å²) in [6.07, 6.45) is 3.04. The third kappa shape index (κ3) is 4.91. The van der Waals surface area contributed by atoms with E-state index in [1.54, 1.807) is 7.11 Å². The molecule has 0 aromatic carbocycles. The maximum Gasteiger partial charge on any atom is 0.408 e. The summed E-state index contributed by atoms with van der Waals surface area (Å²) in [5.41, 5.74) is 0.580. The fourth-order valence-corrected chi connectivity index (χ4v) is 4.99. The Bertz CT molecular complexity index is 713. The highest BCUT2D eigenvalue weighted by Gasteiger charge is 2.72. The Labute approximate surface area is 185 Å². The average Bonchev–Trinajstić information content (AvgIpc) is 3.62. The van der Waals surface area contributed by atoms with Gasteiger partial charge in [-0.2, -0.15) is 0 Å². The molecule has 0 unspecified atom stereocenters. The minimum absolute atomic E-state index is 0.0476. The molecule has 1 N–H and O–H groups in total. The lowest BCUT2D eigenvalue weighted by molar-refractivity contribution is -0.144. The van der Waals surface area contributed by atoms with Gasteiger partial charge >= 0.3 is 12.1 Å². The van der Waals surface area contributed by atoms with Gasteiger partial charge in [-0.3, -0.25) is 0 Å². The largest absolute Gasteiger partial charge is 0.467 e.